The molecule has 1 heterocycles. The van der Waals surface area contributed by atoms with E-state index in [1.165, 1.54) is 0 Å². The fourth-order valence-corrected chi connectivity index (χ4v) is 2.76. The smallest absolute Gasteiger partial charge is 0.267 e. The Labute approximate surface area is 160 Å². The molecule has 0 fully saturated rings. The third kappa shape index (κ3) is 3.86. The van der Waals surface area contributed by atoms with Crippen molar-refractivity contribution in [3.8, 4) is 28.6 Å². The minimum absolute atomic E-state index is 0.320. The summed E-state index contributed by atoms with van der Waals surface area (Å²) in [6, 6.07) is 10.4. The predicted molar refractivity (Wildman–Crippen MR) is 98.3 cm³/mol. The van der Waals surface area contributed by atoms with Gasteiger partial charge in [-0.2, -0.15) is 4.98 Å². The number of rotatable bonds is 6. The second-order valence-corrected chi connectivity index (χ2v) is 6.20. The summed E-state index contributed by atoms with van der Waals surface area (Å²) in [7, 11) is 3.14. The largest absolute Gasteiger partial charge is 0.493 e. The molecule has 1 atom stereocenters. The topological polar surface area (TPSA) is 66.6 Å². The van der Waals surface area contributed by atoms with Gasteiger partial charge in [0.25, 0.3) is 5.89 Å². The first kappa shape index (κ1) is 18.4. The molecule has 0 bridgehead atoms. The van der Waals surface area contributed by atoms with E-state index < -0.39 is 6.10 Å². The molecule has 0 amide bonds. The van der Waals surface area contributed by atoms with Crippen molar-refractivity contribution >= 4 is 23.2 Å². The number of benzene rings is 2. The van der Waals surface area contributed by atoms with Gasteiger partial charge in [-0.1, -0.05) is 28.4 Å². The Kier molecular flexibility index (Phi) is 5.54. The second-order valence-electron chi connectivity index (χ2n) is 5.36. The van der Waals surface area contributed by atoms with Crippen molar-refractivity contribution in [2.24, 2.45) is 0 Å². The molecule has 0 radical (unpaired) electrons. The Bertz CT molecular complexity index is 914. The average molecular weight is 395 g/mol. The maximum Gasteiger partial charge on any atom is 0.267 e. The normalized spacial score (nSPS) is 11.9. The van der Waals surface area contributed by atoms with E-state index in [1.54, 1.807) is 51.5 Å². The molecule has 26 heavy (non-hydrogen) atoms. The van der Waals surface area contributed by atoms with Gasteiger partial charge in [0.15, 0.2) is 17.6 Å². The van der Waals surface area contributed by atoms with Crippen molar-refractivity contribution in [2.45, 2.75) is 13.0 Å². The lowest BCUT2D eigenvalue weighted by atomic mass is 10.2. The van der Waals surface area contributed by atoms with Crippen LogP contribution in [-0.2, 0) is 0 Å². The van der Waals surface area contributed by atoms with E-state index in [9.17, 15) is 0 Å². The highest BCUT2D eigenvalue weighted by atomic mass is 35.5. The molecule has 1 aromatic heterocycles. The van der Waals surface area contributed by atoms with Crippen LogP contribution in [0.2, 0.25) is 10.0 Å². The minimum atomic E-state index is -0.491. The van der Waals surface area contributed by atoms with Crippen LogP contribution in [0.25, 0.3) is 11.4 Å². The molecule has 6 nitrogen and oxygen atoms in total. The SMILES string of the molecule is COc1ccc(-c2noc([C@H](C)Oc3ccc(Cl)cc3Cl)n2)cc1OC. The van der Waals surface area contributed by atoms with Gasteiger partial charge >= 0.3 is 0 Å². The minimum Gasteiger partial charge on any atom is -0.493 e. The Morgan fingerprint density at radius 2 is 1.69 bits per heavy atom. The summed E-state index contributed by atoms with van der Waals surface area (Å²) in [6.07, 6.45) is -0.491. The van der Waals surface area contributed by atoms with E-state index in [4.69, 9.17) is 41.9 Å². The summed E-state index contributed by atoms with van der Waals surface area (Å²) in [5.74, 6) is 2.41. The molecule has 0 aliphatic carbocycles. The predicted octanol–water partition coefficient (Wildman–Crippen LogP) is 5.20. The van der Waals surface area contributed by atoms with Crippen molar-refractivity contribution in [3.63, 3.8) is 0 Å². The number of nitrogens with zero attached hydrogens (tertiary/aromatic N) is 2. The monoisotopic (exact) mass is 394 g/mol. The van der Waals surface area contributed by atoms with Crippen LogP contribution in [-0.4, -0.2) is 24.4 Å². The Balaban J connectivity index is 1.81. The molecule has 3 rings (SSSR count). The summed E-state index contributed by atoms with van der Waals surface area (Å²) < 4.78 is 21.6. The Morgan fingerprint density at radius 1 is 0.962 bits per heavy atom. The van der Waals surface area contributed by atoms with Crippen molar-refractivity contribution in [1.29, 1.82) is 0 Å². The Morgan fingerprint density at radius 3 is 2.38 bits per heavy atom. The first-order chi connectivity index (χ1) is 12.5. The van der Waals surface area contributed by atoms with Crippen LogP contribution in [0, 0.1) is 0 Å². The fraction of sp³-hybridized carbons (Fsp3) is 0.222. The molecular weight excluding hydrogens is 379 g/mol. The van der Waals surface area contributed by atoms with Gasteiger partial charge in [0.05, 0.1) is 19.2 Å². The molecule has 0 spiro atoms. The zero-order chi connectivity index (χ0) is 18.7. The third-order valence-corrected chi connectivity index (χ3v) is 4.16. The standard InChI is InChI=1S/C18H16Cl2N2O4/c1-10(25-14-7-5-12(19)9-13(14)20)18-21-17(22-26-18)11-4-6-15(23-2)16(8-11)24-3/h4-10H,1-3H3/t10-/m0/s1. The van der Waals surface area contributed by atoms with Crippen LogP contribution >= 0.6 is 23.2 Å². The highest BCUT2D eigenvalue weighted by Crippen LogP contribution is 2.33. The summed E-state index contributed by atoms with van der Waals surface area (Å²) in [6.45, 7) is 1.79. The van der Waals surface area contributed by atoms with E-state index in [1.807, 2.05) is 6.07 Å². The van der Waals surface area contributed by atoms with Gasteiger partial charge in [0.1, 0.15) is 5.75 Å². The molecule has 3 aromatic rings. The lowest BCUT2D eigenvalue weighted by Crippen LogP contribution is -2.04. The maximum absolute atomic E-state index is 6.12. The quantitative estimate of drug-likeness (QED) is 0.572. The molecule has 136 valence electrons. The molecule has 0 aliphatic rings. The zero-order valence-corrected chi connectivity index (χ0v) is 15.8. The van der Waals surface area contributed by atoms with E-state index >= 15 is 0 Å². The van der Waals surface area contributed by atoms with Crippen LogP contribution in [0.4, 0.5) is 0 Å². The highest BCUT2D eigenvalue weighted by Gasteiger charge is 2.19. The van der Waals surface area contributed by atoms with Crippen molar-refractivity contribution in [1.82, 2.24) is 10.1 Å². The van der Waals surface area contributed by atoms with Crippen LogP contribution in [0.3, 0.4) is 0 Å². The van der Waals surface area contributed by atoms with Crippen LogP contribution in [0.15, 0.2) is 40.9 Å². The van der Waals surface area contributed by atoms with Gasteiger partial charge < -0.3 is 18.7 Å². The molecular formula is C18H16Cl2N2O4. The van der Waals surface area contributed by atoms with E-state index in [2.05, 4.69) is 10.1 Å². The lowest BCUT2D eigenvalue weighted by molar-refractivity contribution is 0.176. The zero-order valence-electron chi connectivity index (χ0n) is 14.3. The number of aromatic nitrogens is 2. The van der Waals surface area contributed by atoms with Gasteiger partial charge in [-0.3, -0.25) is 0 Å². The number of hydrogen-bond acceptors (Lipinski definition) is 6. The first-order valence-corrected chi connectivity index (χ1v) is 8.45. The number of hydrogen-bond donors (Lipinski definition) is 0. The summed E-state index contributed by atoms with van der Waals surface area (Å²) in [5.41, 5.74) is 0.731. The third-order valence-electron chi connectivity index (χ3n) is 3.63. The molecule has 0 saturated carbocycles. The van der Waals surface area contributed by atoms with E-state index in [0.29, 0.717) is 39.0 Å². The van der Waals surface area contributed by atoms with Crippen LogP contribution in [0.5, 0.6) is 17.2 Å². The second kappa shape index (κ2) is 7.85. The van der Waals surface area contributed by atoms with Gasteiger partial charge in [-0.05, 0) is 43.3 Å². The van der Waals surface area contributed by atoms with Crippen molar-refractivity contribution < 1.29 is 18.7 Å². The number of ether oxygens (including phenoxy) is 3. The molecule has 0 unspecified atom stereocenters. The summed E-state index contributed by atoms with van der Waals surface area (Å²) in [5, 5.41) is 4.94. The molecule has 8 heteroatoms. The summed E-state index contributed by atoms with van der Waals surface area (Å²) in [4.78, 5) is 4.39. The highest BCUT2D eigenvalue weighted by molar-refractivity contribution is 6.35. The van der Waals surface area contributed by atoms with Crippen LogP contribution < -0.4 is 14.2 Å². The van der Waals surface area contributed by atoms with Gasteiger partial charge in [0.2, 0.25) is 5.82 Å². The van der Waals surface area contributed by atoms with Gasteiger partial charge in [-0.25, -0.2) is 0 Å². The van der Waals surface area contributed by atoms with Crippen LogP contribution in [0.1, 0.15) is 18.9 Å². The Hall–Kier alpha value is -2.44. The molecule has 0 saturated heterocycles. The van der Waals surface area contributed by atoms with E-state index in [0.717, 1.165) is 5.56 Å². The van der Waals surface area contributed by atoms with Crippen molar-refractivity contribution in [3.05, 3.63) is 52.3 Å². The van der Waals surface area contributed by atoms with Crippen molar-refractivity contribution in [2.75, 3.05) is 14.2 Å². The average Bonchev–Trinajstić information content (AvgIpc) is 3.13. The summed E-state index contributed by atoms with van der Waals surface area (Å²) >= 11 is 12.0. The molecule has 0 aliphatic heterocycles. The number of methoxy groups -OCH3 is 2. The lowest BCUT2D eigenvalue weighted by Gasteiger charge is -2.12. The fourth-order valence-electron chi connectivity index (χ4n) is 2.30. The van der Waals surface area contributed by atoms with Gasteiger partial charge in [0, 0.05) is 10.6 Å². The molecule has 2 aromatic carbocycles. The van der Waals surface area contributed by atoms with Gasteiger partial charge in [-0.15, -0.1) is 0 Å². The van der Waals surface area contributed by atoms with E-state index in [-0.39, 0.29) is 0 Å². The number of halogens is 2. The first-order valence-electron chi connectivity index (χ1n) is 7.69. The maximum atomic E-state index is 6.12. The molecule has 0 N–H and O–H groups in total.